The monoisotopic (exact) mass is 574 g/mol. The summed E-state index contributed by atoms with van der Waals surface area (Å²) in [5.74, 6) is 0. The zero-order valence-electron chi connectivity index (χ0n) is 24.7. The van der Waals surface area contributed by atoms with E-state index < -0.39 is 0 Å². The molecule has 0 aromatic heterocycles. The molecule has 0 bridgehead atoms. The van der Waals surface area contributed by atoms with Crippen molar-refractivity contribution in [3.8, 4) is 44.5 Å². The van der Waals surface area contributed by atoms with Gasteiger partial charge in [0.2, 0.25) is 0 Å². The van der Waals surface area contributed by atoms with Gasteiger partial charge in [-0.05, 0) is 131 Å². The van der Waals surface area contributed by atoms with Crippen LogP contribution in [-0.4, -0.2) is 0 Å². The third-order valence-corrected chi connectivity index (χ3v) is 11.6. The molecule has 46 heavy (non-hydrogen) atoms. The van der Waals surface area contributed by atoms with Crippen molar-refractivity contribution in [1.29, 1.82) is 0 Å². The Kier molecular flexibility index (Phi) is 3.56. The molecule has 0 fully saturated rings. The highest BCUT2D eigenvalue weighted by Gasteiger charge is 2.29. The van der Waals surface area contributed by atoms with Gasteiger partial charge in [-0.25, -0.2) is 0 Å². The van der Waals surface area contributed by atoms with Crippen molar-refractivity contribution >= 4 is 86.2 Å². The first kappa shape index (κ1) is 22.5. The second-order valence-electron chi connectivity index (χ2n) is 13.4. The topological polar surface area (TPSA) is 0 Å². The van der Waals surface area contributed by atoms with Crippen molar-refractivity contribution < 1.29 is 0 Å². The molecule has 2 aliphatic carbocycles. The Morgan fingerprint density at radius 2 is 0.413 bits per heavy atom. The molecule has 0 N–H and O–H groups in total. The second kappa shape index (κ2) is 7.28. The summed E-state index contributed by atoms with van der Waals surface area (Å²) >= 11 is 0. The van der Waals surface area contributed by atoms with Gasteiger partial charge in [0.05, 0.1) is 0 Å². The molecule has 0 spiro atoms. The number of fused-ring (bicyclic) bond motifs is 13. The molecule has 0 saturated carbocycles. The Morgan fingerprint density at radius 3 is 0.804 bits per heavy atom. The van der Waals surface area contributed by atoms with Crippen LogP contribution >= 0.6 is 0 Å². The molecule has 2 aliphatic rings. The lowest BCUT2D eigenvalue weighted by Crippen LogP contribution is -1.94. The zero-order valence-corrected chi connectivity index (χ0v) is 24.7. The SMILES string of the molecule is c1ccc2c(c1)-c1ccc3c4ccc5c6ccc7c8c(ccc(c86)c6c8ccccc8c(c8ccc-2c1c38)c4c56)-c1ccccc1-7. The molecule has 0 radical (unpaired) electrons. The van der Waals surface area contributed by atoms with Gasteiger partial charge in [-0.3, -0.25) is 0 Å². The van der Waals surface area contributed by atoms with E-state index in [1.165, 1.54) is 131 Å². The minimum absolute atomic E-state index is 1.35. The summed E-state index contributed by atoms with van der Waals surface area (Å²) in [5.41, 5.74) is 10.9. The largest absolute Gasteiger partial charge is 0.0616 e. The van der Waals surface area contributed by atoms with E-state index >= 15 is 0 Å². The van der Waals surface area contributed by atoms with E-state index in [1.54, 1.807) is 0 Å². The van der Waals surface area contributed by atoms with Crippen LogP contribution in [0.25, 0.3) is 131 Å². The summed E-state index contributed by atoms with van der Waals surface area (Å²) in [6.45, 7) is 0. The average Bonchev–Trinajstić information content (AvgIpc) is 3.63. The first-order chi connectivity index (χ1) is 22.9. The minimum Gasteiger partial charge on any atom is -0.0616 e. The maximum atomic E-state index is 2.43. The lowest BCUT2D eigenvalue weighted by molar-refractivity contribution is 1.70. The van der Waals surface area contributed by atoms with Gasteiger partial charge in [0, 0.05) is 0 Å². The van der Waals surface area contributed by atoms with E-state index in [0.717, 1.165) is 0 Å². The van der Waals surface area contributed by atoms with Crippen LogP contribution in [0.3, 0.4) is 0 Å². The smallest absolute Gasteiger partial charge is 0.000740 e. The van der Waals surface area contributed by atoms with E-state index in [9.17, 15) is 0 Å². The van der Waals surface area contributed by atoms with Crippen LogP contribution in [0.1, 0.15) is 0 Å². The van der Waals surface area contributed by atoms with Crippen LogP contribution in [0, 0.1) is 0 Å². The van der Waals surface area contributed by atoms with Crippen LogP contribution in [-0.2, 0) is 0 Å². The summed E-state index contributed by atoms with van der Waals surface area (Å²) in [5, 5.41) is 22.1. The number of hydrogen-bond donors (Lipinski definition) is 0. The molecule has 206 valence electrons. The summed E-state index contributed by atoms with van der Waals surface area (Å²) < 4.78 is 0. The van der Waals surface area contributed by atoms with Gasteiger partial charge in [0.1, 0.15) is 0 Å². The summed E-state index contributed by atoms with van der Waals surface area (Å²) in [4.78, 5) is 0. The molecule has 0 heterocycles. The molecule has 11 aromatic rings. The summed E-state index contributed by atoms with van der Waals surface area (Å²) in [6, 6.07) is 51.0. The molecular formula is C46H22. The first-order valence-electron chi connectivity index (χ1n) is 16.3. The van der Waals surface area contributed by atoms with E-state index in [4.69, 9.17) is 0 Å². The lowest BCUT2D eigenvalue weighted by atomic mass is 9.80. The molecule has 0 saturated heterocycles. The molecular weight excluding hydrogens is 553 g/mol. The van der Waals surface area contributed by atoms with Gasteiger partial charge in [-0.15, -0.1) is 0 Å². The maximum Gasteiger partial charge on any atom is -0.000740 e. The van der Waals surface area contributed by atoms with Gasteiger partial charge in [0.15, 0.2) is 0 Å². The standard InChI is InChI=1S/C46H22/c1-3-9-25-23(7-1)29-13-15-33-35-17-18-36-34-16-14-30-24-8-2-4-10-26(24)32-20-22-38(42(34)40(30)32)44-28-12-6-5-11-27(28)43(45(35)46(36)44)37-21-19-31(25)39(29)41(33)37/h1-22H. The Hall–Kier alpha value is -5.98. The summed E-state index contributed by atoms with van der Waals surface area (Å²) in [7, 11) is 0. The van der Waals surface area contributed by atoms with Crippen molar-refractivity contribution in [1.82, 2.24) is 0 Å². The maximum absolute atomic E-state index is 2.43. The minimum atomic E-state index is 1.35. The van der Waals surface area contributed by atoms with E-state index in [1.807, 2.05) is 0 Å². The Balaban J connectivity index is 1.33. The number of hydrogen-bond acceptors (Lipinski definition) is 0. The van der Waals surface area contributed by atoms with Crippen LogP contribution < -0.4 is 0 Å². The fraction of sp³-hybridized carbons (Fsp3) is 0. The number of benzene rings is 11. The number of rotatable bonds is 0. The van der Waals surface area contributed by atoms with Crippen LogP contribution in [0.15, 0.2) is 133 Å². The van der Waals surface area contributed by atoms with E-state index in [-0.39, 0.29) is 0 Å². The van der Waals surface area contributed by atoms with Crippen LogP contribution in [0.4, 0.5) is 0 Å². The average molecular weight is 575 g/mol. The molecule has 0 unspecified atom stereocenters. The molecule has 0 aliphatic heterocycles. The molecule has 0 nitrogen and oxygen atoms in total. The highest BCUT2D eigenvalue weighted by Crippen LogP contribution is 2.57. The molecule has 0 amide bonds. The normalized spacial score (nSPS) is 13.2. The van der Waals surface area contributed by atoms with Crippen molar-refractivity contribution in [2.45, 2.75) is 0 Å². The third kappa shape index (κ3) is 2.25. The van der Waals surface area contributed by atoms with Crippen molar-refractivity contribution in [3.63, 3.8) is 0 Å². The quantitative estimate of drug-likeness (QED) is 0.125. The summed E-state index contributed by atoms with van der Waals surface area (Å²) in [6.07, 6.45) is 0. The first-order valence-corrected chi connectivity index (χ1v) is 16.3. The van der Waals surface area contributed by atoms with Gasteiger partial charge in [-0.1, -0.05) is 133 Å². The molecule has 11 aromatic carbocycles. The Bertz CT molecular complexity index is 2950. The zero-order chi connectivity index (χ0) is 29.4. The lowest BCUT2D eigenvalue weighted by Gasteiger charge is -2.22. The fourth-order valence-electron chi connectivity index (χ4n) is 9.98. The van der Waals surface area contributed by atoms with E-state index in [0.29, 0.717) is 0 Å². The fourth-order valence-corrected chi connectivity index (χ4v) is 9.98. The van der Waals surface area contributed by atoms with E-state index in [2.05, 4.69) is 133 Å². The third-order valence-electron chi connectivity index (χ3n) is 11.6. The predicted octanol–water partition coefficient (Wildman–Crippen LogP) is 13.1. The van der Waals surface area contributed by atoms with Crippen molar-refractivity contribution in [3.05, 3.63) is 133 Å². The predicted molar refractivity (Wildman–Crippen MR) is 198 cm³/mol. The molecule has 0 atom stereocenters. The van der Waals surface area contributed by atoms with Crippen LogP contribution in [0.5, 0.6) is 0 Å². The molecule has 0 heteroatoms. The van der Waals surface area contributed by atoms with Crippen molar-refractivity contribution in [2.24, 2.45) is 0 Å². The highest BCUT2D eigenvalue weighted by atomic mass is 14.3. The van der Waals surface area contributed by atoms with Crippen LogP contribution in [0.2, 0.25) is 0 Å². The van der Waals surface area contributed by atoms with Gasteiger partial charge < -0.3 is 0 Å². The van der Waals surface area contributed by atoms with Gasteiger partial charge in [0.25, 0.3) is 0 Å². The Morgan fingerprint density at radius 1 is 0.152 bits per heavy atom. The molecule has 13 rings (SSSR count). The van der Waals surface area contributed by atoms with Crippen molar-refractivity contribution in [2.75, 3.05) is 0 Å². The second-order valence-corrected chi connectivity index (χ2v) is 13.4. The van der Waals surface area contributed by atoms with Gasteiger partial charge in [-0.2, -0.15) is 0 Å². The van der Waals surface area contributed by atoms with Gasteiger partial charge >= 0.3 is 0 Å². The highest BCUT2D eigenvalue weighted by molar-refractivity contribution is 6.50. The Labute approximate surface area is 263 Å².